The average molecular weight is 434 g/mol. The molecule has 0 radical (unpaired) electrons. The fourth-order valence-electron chi connectivity index (χ4n) is 4.08. The Hall–Kier alpha value is -2.26. The number of hydrogen-bond acceptors (Lipinski definition) is 7. The Morgan fingerprint density at radius 3 is 2.68 bits per heavy atom. The van der Waals surface area contributed by atoms with Gasteiger partial charge in [-0.2, -0.15) is 0 Å². The number of nitrogens with one attached hydrogen (secondary N) is 1. The van der Waals surface area contributed by atoms with E-state index in [1.165, 1.54) is 6.33 Å². The number of fused-ring (bicyclic) bond motifs is 1. The molecule has 1 N–H and O–H groups in total. The Morgan fingerprint density at radius 1 is 1.26 bits per heavy atom. The third-order valence-electron chi connectivity index (χ3n) is 5.87. The van der Waals surface area contributed by atoms with Crippen LogP contribution in [-0.2, 0) is 14.3 Å². The zero-order chi connectivity index (χ0) is 22.2. The van der Waals surface area contributed by atoms with E-state index in [-0.39, 0.29) is 36.5 Å². The van der Waals surface area contributed by atoms with Gasteiger partial charge in [-0.25, -0.2) is 9.97 Å². The monoisotopic (exact) mass is 433 g/mol. The standard InChI is InChI=1S/C22H35N5O4/c1-4-7-11-26(12-8-5-2)17(6-3)22(29)30-13-16-9-10-18(31-16)27-15-25-19-20(27)23-14-24-21(19)28/h14-18H,4-13H2,1-3H3,(H,23,24,28)/t16-,17?,18+/m0/s1. The summed E-state index contributed by atoms with van der Waals surface area (Å²) in [5, 5.41) is 0. The molecule has 1 fully saturated rings. The third kappa shape index (κ3) is 5.71. The maximum absolute atomic E-state index is 12.8. The van der Waals surface area contributed by atoms with Crippen LogP contribution in [0.2, 0.25) is 0 Å². The van der Waals surface area contributed by atoms with Crippen LogP contribution in [0, 0.1) is 0 Å². The Kier molecular flexibility index (Phi) is 8.60. The van der Waals surface area contributed by atoms with Crippen LogP contribution in [0.25, 0.3) is 11.2 Å². The quantitative estimate of drug-likeness (QED) is 0.513. The van der Waals surface area contributed by atoms with Gasteiger partial charge in [0, 0.05) is 0 Å². The van der Waals surface area contributed by atoms with Crippen molar-refractivity contribution in [1.29, 1.82) is 0 Å². The molecule has 0 bridgehead atoms. The lowest BCUT2D eigenvalue weighted by Crippen LogP contribution is -2.43. The minimum atomic E-state index is -0.270. The number of ether oxygens (including phenoxy) is 2. The SMILES string of the molecule is CCCCN(CCCC)C(CC)C(=O)OC[C@@H]1CC[C@H](n2cnc3c(=O)[nH]cnc32)O1. The molecule has 1 aliphatic rings. The largest absolute Gasteiger partial charge is 0.462 e. The summed E-state index contributed by atoms with van der Waals surface area (Å²) in [5.74, 6) is -0.164. The Labute approximate surface area is 183 Å². The molecule has 2 aromatic heterocycles. The molecule has 1 unspecified atom stereocenters. The second-order valence-corrected chi connectivity index (χ2v) is 8.14. The van der Waals surface area contributed by atoms with Crippen LogP contribution in [0.1, 0.15) is 71.9 Å². The van der Waals surface area contributed by atoms with Gasteiger partial charge in [0.05, 0.1) is 18.8 Å². The van der Waals surface area contributed by atoms with Gasteiger partial charge < -0.3 is 14.5 Å². The Bertz CT molecular complexity index is 887. The molecular weight excluding hydrogens is 398 g/mol. The highest BCUT2D eigenvalue weighted by Crippen LogP contribution is 2.30. The van der Waals surface area contributed by atoms with E-state index in [0.717, 1.165) is 58.0 Å². The van der Waals surface area contributed by atoms with Crippen LogP contribution in [-0.4, -0.2) is 62.2 Å². The predicted octanol–water partition coefficient (Wildman–Crippen LogP) is 3.02. The minimum absolute atomic E-state index is 0.164. The molecule has 0 aliphatic carbocycles. The molecule has 3 rings (SSSR count). The van der Waals surface area contributed by atoms with Gasteiger partial charge in [0.15, 0.2) is 11.2 Å². The van der Waals surface area contributed by atoms with Crippen LogP contribution < -0.4 is 5.56 Å². The highest BCUT2D eigenvalue weighted by Gasteiger charge is 2.31. The predicted molar refractivity (Wildman–Crippen MR) is 118 cm³/mol. The molecule has 172 valence electrons. The first-order valence-corrected chi connectivity index (χ1v) is 11.5. The number of carbonyl (C=O) groups excluding carboxylic acids is 1. The number of aromatic amines is 1. The van der Waals surface area contributed by atoms with Crippen molar-refractivity contribution < 1.29 is 14.3 Å². The normalized spacial score (nSPS) is 19.9. The molecule has 9 nitrogen and oxygen atoms in total. The van der Waals surface area contributed by atoms with Crippen LogP contribution in [0.3, 0.4) is 0 Å². The zero-order valence-electron chi connectivity index (χ0n) is 18.9. The first kappa shape index (κ1) is 23.4. The minimum Gasteiger partial charge on any atom is -0.462 e. The van der Waals surface area contributed by atoms with Crippen molar-refractivity contribution in [2.45, 2.75) is 84.1 Å². The van der Waals surface area contributed by atoms with Gasteiger partial charge in [-0.3, -0.25) is 19.1 Å². The van der Waals surface area contributed by atoms with Gasteiger partial charge >= 0.3 is 5.97 Å². The summed E-state index contributed by atoms with van der Waals surface area (Å²) in [7, 11) is 0. The van der Waals surface area contributed by atoms with Crippen molar-refractivity contribution in [3.63, 3.8) is 0 Å². The third-order valence-corrected chi connectivity index (χ3v) is 5.87. The Balaban J connectivity index is 1.56. The summed E-state index contributed by atoms with van der Waals surface area (Å²) in [6.07, 6.45) is 9.13. The molecule has 3 heterocycles. The van der Waals surface area contributed by atoms with Crippen molar-refractivity contribution in [2.75, 3.05) is 19.7 Å². The number of rotatable bonds is 12. The molecule has 3 atom stereocenters. The summed E-state index contributed by atoms with van der Waals surface area (Å²) < 4.78 is 13.6. The molecule has 1 saturated heterocycles. The molecular formula is C22H35N5O4. The second kappa shape index (κ2) is 11.4. The van der Waals surface area contributed by atoms with Gasteiger partial charge in [0.25, 0.3) is 5.56 Å². The molecule has 9 heteroatoms. The highest BCUT2D eigenvalue weighted by molar-refractivity contribution is 5.75. The van der Waals surface area contributed by atoms with Gasteiger partial charge in [-0.15, -0.1) is 0 Å². The van der Waals surface area contributed by atoms with E-state index in [1.807, 2.05) is 6.92 Å². The van der Waals surface area contributed by atoms with E-state index >= 15 is 0 Å². The van der Waals surface area contributed by atoms with Crippen molar-refractivity contribution in [2.24, 2.45) is 0 Å². The van der Waals surface area contributed by atoms with Crippen LogP contribution in [0.15, 0.2) is 17.4 Å². The summed E-state index contributed by atoms with van der Waals surface area (Å²) in [5.41, 5.74) is 0.527. The second-order valence-electron chi connectivity index (χ2n) is 8.14. The van der Waals surface area contributed by atoms with E-state index in [1.54, 1.807) is 10.9 Å². The van der Waals surface area contributed by atoms with Crippen molar-refractivity contribution >= 4 is 17.1 Å². The van der Waals surface area contributed by atoms with Crippen LogP contribution >= 0.6 is 0 Å². The number of carbonyl (C=O) groups is 1. The lowest BCUT2D eigenvalue weighted by Gasteiger charge is -2.29. The van der Waals surface area contributed by atoms with E-state index < -0.39 is 0 Å². The van der Waals surface area contributed by atoms with Gasteiger partial charge in [0.2, 0.25) is 0 Å². The maximum atomic E-state index is 12.8. The van der Waals surface area contributed by atoms with Gasteiger partial charge in [0.1, 0.15) is 18.9 Å². The number of H-pyrrole nitrogens is 1. The summed E-state index contributed by atoms with van der Waals surface area (Å²) in [6.45, 7) is 8.46. The van der Waals surface area contributed by atoms with Crippen molar-refractivity contribution in [3.8, 4) is 0 Å². The first-order chi connectivity index (χ1) is 15.1. The lowest BCUT2D eigenvalue weighted by molar-refractivity contribution is -0.155. The highest BCUT2D eigenvalue weighted by atomic mass is 16.6. The smallest absolute Gasteiger partial charge is 0.323 e. The maximum Gasteiger partial charge on any atom is 0.323 e. The number of esters is 1. The van der Waals surface area contributed by atoms with E-state index in [2.05, 4.69) is 33.7 Å². The molecule has 31 heavy (non-hydrogen) atoms. The number of nitrogens with zero attached hydrogens (tertiary/aromatic N) is 4. The molecule has 2 aromatic rings. The average Bonchev–Trinajstić information content (AvgIpc) is 3.41. The molecule has 0 aromatic carbocycles. The molecule has 1 aliphatic heterocycles. The molecule has 0 saturated carbocycles. The number of hydrogen-bond donors (Lipinski definition) is 1. The lowest BCUT2D eigenvalue weighted by atomic mass is 10.1. The first-order valence-electron chi connectivity index (χ1n) is 11.5. The van der Waals surface area contributed by atoms with Crippen LogP contribution in [0.4, 0.5) is 0 Å². The number of unbranched alkanes of at least 4 members (excludes halogenated alkanes) is 2. The van der Waals surface area contributed by atoms with Crippen molar-refractivity contribution in [1.82, 2.24) is 24.4 Å². The molecule has 0 amide bonds. The van der Waals surface area contributed by atoms with E-state index in [4.69, 9.17) is 9.47 Å². The Morgan fingerprint density at radius 2 is 2.00 bits per heavy atom. The zero-order valence-corrected chi connectivity index (χ0v) is 18.9. The van der Waals surface area contributed by atoms with Gasteiger partial charge in [-0.1, -0.05) is 33.6 Å². The topological polar surface area (TPSA) is 102 Å². The number of imidazole rings is 1. The van der Waals surface area contributed by atoms with E-state index in [9.17, 15) is 9.59 Å². The summed E-state index contributed by atoms with van der Waals surface area (Å²) in [6, 6.07) is -0.205. The summed E-state index contributed by atoms with van der Waals surface area (Å²) >= 11 is 0. The van der Waals surface area contributed by atoms with Crippen LogP contribution in [0.5, 0.6) is 0 Å². The molecule has 0 spiro atoms. The fourth-order valence-corrected chi connectivity index (χ4v) is 4.08. The van der Waals surface area contributed by atoms with Gasteiger partial charge in [-0.05, 0) is 45.2 Å². The summed E-state index contributed by atoms with van der Waals surface area (Å²) in [4.78, 5) is 37.9. The fraction of sp³-hybridized carbons (Fsp3) is 0.727. The van der Waals surface area contributed by atoms with E-state index in [0.29, 0.717) is 11.2 Å². The van der Waals surface area contributed by atoms with Crippen molar-refractivity contribution in [3.05, 3.63) is 23.0 Å². The number of aromatic nitrogens is 4.